The normalized spacial score (nSPS) is 19.7. The standard InChI is InChI=1S/C21H29N7S/c1-6-17-15(3)18(13-29-5)21(22-12-16-9-7-8-10-28(16)4)23-19(17)11-14(2)20-24-26-27-25-20/h6,11,13,16H,2-3,7-10,12H2,1,4-5H3,(H,22,23)(H,24,25,26,27)/b17-6-,18-13+,19-11+. The molecule has 1 unspecified atom stereocenters. The third-order valence-corrected chi connectivity index (χ3v) is 5.80. The Hall–Kier alpha value is -2.45. The molecule has 8 heteroatoms. The topological polar surface area (TPSA) is 82.6 Å². The van der Waals surface area contributed by atoms with Gasteiger partial charge in [-0.3, -0.25) is 0 Å². The number of likely N-dealkylation sites (N-methyl/N-ethyl adjacent to an activating group) is 1. The highest BCUT2D eigenvalue weighted by molar-refractivity contribution is 8.05. The summed E-state index contributed by atoms with van der Waals surface area (Å²) in [5.74, 6) is 1.38. The van der Waals surface area contributed by atoms with Gasteiger partial charge in [-0.25, -0.2) is 10.1 Å². The molecule has 154 valence electrons. The fraction of sp³-hybridized carbons (Fsp3) is 0.429. The molecule has 0 amide bonds. The first-order valence-corrected chi connectivity index (χ1v) is 11.1. The zero-order chi connectivity index (χ0) is 20.8. The van der Waals surface area contributed by atoms with Crippen LogP contribution in [0.3, 0.4) is 0 Å². The zero-order valence-corrected chi connectivity index (χ0v) is 18.2. The summed E-state index contributed by atoms with van der Waals surface area (Å²) < 4.78 is 0. The second kappa shape index (κ2) is 9.84. The lowest BCUT2D eigenvalue weighted by atomic mass is 10.0. The Kier molecular flexibility index (Phi) is 7.22. The monoisotopic (exact) mass is 411 g/mol. The van der Waals surface area contributed by atoms with Crippen LogP contribution in [0.2, 0.25) is 0 Å². The van der Waals surface area contributed by atoms with Crippen LogP contribution in [0.5, 0.6) is 0 Å². The lowest BCUT2D eigenvalue weighted by Gasteiger charge is -2.32. The number of pyridine rings is 1. The zero-order valence-electron chi connectivity index (χ0n) is 17.4. The van der Waals surface area contributed by atoms with Gasteiger partial charge >= 0.3 is 0 Å². The molecule has 0 spiro atoms. The fourth-order valence-corrected chi connectivity index (χ4v) is 4.13. The maximum absolute atomic E-state index is 4.94. The molecule has 0 saturated carbocycles. The van der Waals surface area contributed by atoms with Crippen molar-refractivity contribution in [1.29, 1.82) is 0 Å². The summed E-state index contributed by atoms with van der Waals surface area (Å²) in [6, 6.07) is 0.515. The van der Waals surface area contributed by atoms with Crippen LogP contribution in [0.25, 0.3) is 29.7 Å². The third-order valence-electron chi connectivity index (χ3n) is 5.33. The summed E-state index contributed by atoms with van der Waals surface area (Å²) >= 11 is 1.65. The van der Waals surface area contributed by atoms with Gasteiger partial charge in [0, 0.05) is 28.6 Å². The van der Waals surface area contributed by atoms with Gasteiger partial charge in [-0.2, -0.15) is 0 Å². The van der Waals surface area contributed by atoms with Crippen molar-refractivity contribution < 1.29 is 0 Å². The number of aromatic amines is 1. The van der Waals surface area contributed by atoms with Crippen LogP contribution in [0.4, 0.5) is 5.82 Å². The summed E-state index contributed by atoms with van der Waals surface area (Å²) in [5, 5.41) is 23.4. The van der Waals surface area contributed by atoms with Crippen LogP contribution in [0.15, 0.2) is 6.58 Å². The van der Waals surface area contributed by atoms with Crippen LogP contribution in [-0.4, -0.2) is 62.9 Å². The second-order valence-electron chi connectivity index (χ2n) is 7.22. The number of thioether (sulfide) groups is 1. The van der Waals surface area contributed by atoms with Gasteiger partial charge < -0.3 is 10.2 Å². The third kappa shape index (κ3) is 4.94. The van der Waals surface area contributed by atoms with Crippen molar-refractivity contribution in [3.8, 4) is 0 Å². The number of hydrogen-bond donors (Lipinski definition) is 2. The van der Waals surface area contributed by atoms with Crippen molar-refractivity contribution in [2.45, 2.75) is 32.2 Å². The van der Waals surface area contributed by atoms with E-state index in [0.717, 1.165) is 39.9 Å². The molecule has 1 aliphatic rings. The quantitative estimate of drug-likeness (QED) is 0.707. The average Bonchev–Trinajstić information content (AvgIpc) is 3.25. The average molecular weight is 412 g/mol. The molecular formula is C21H29N7S. The van der Waals surface area contributed by atoms with Gasteiger partial charge in [-0.15, -0.1) is 16.9 Å². The van der Waals surface area contributed by atoms with Gasteiger partial charge in [0.15, 0.2) is 5.82 Å². The Bertz CT molecular complexity index is 1080. The van der Waals surface area contributed by atoms with Crippen molar-refractivity contribution in [1.82, 2.24) is 30.5 Å². The highest BCUT2D eigenvalue weighted by Crippen LogP contribution is 2.14. The maximum atomic E-state index is 4.94. The Morgan fingerprint density at radius 3 is 2.86 bits per heavy atom. The molecule has 29 heavy (non-hydrogen) atoms. The molecule has 0 bridgehead atoms. The lowest BCUT2D eigenvalue weighted by Crippen LogP contribution is -2.51. The number of hydrogen-bond acceptors (Lipinski definition) is 7. The molecule has 0 radical (unpaired) electrons. The maximum Gasteiger partial charge on any atom is 0.178 e. The molecular weight excluding hydrogens is 382 g/mol. The summed E-state index contributed by atoms with van der Waals surface area (Å²) in [7, 11) is 2.20. The van der Waals surface area contributed by atoms with Gasteiger partial charge in [0.1, 0.15) is 5.82 Å². The summed E-state index contributed by atoms with van der Waals surface area (Å²) in [4.78, 5) is 7.37. The summed E-state index contributed by atoms with van der Waals surface area (Å²) in [6.07, 6.45) is 9.74. The van der Waals surface area contributed by atoms with Gasteiger partial charge in [-0.05, 0) is 66.7 Å². The minimum atomic E-state index is 0.515. The van der Waals surface area contributed by atoms with E-state index in [1.54, 1.807) is 11.8 Å². The van der Waals surface area contributed by atoms with Crippen molar-refractivity contribution in [2.24, 2.45) is 0 Å². The minimum Gasteiger partial charge on any atom is -0.368 e. The molecule has 3 heterocycles. The first-order valence-electron chi connectivity index (χ1n) is 9.82. The number of allylic oxidation sites excluding steroid dienone is 1. The first-order chi connectivity index (χ1) is 14.0. The van der Waals surface area contributed by atoms with E-state index in [1.807, 2.05) is 25.3 Å². The summed E-state index contributed by atoms with van der Waals surface area (Å²) in [6.45, 7) is 12.4. The number of anilines is 1. The number of nitrogens with one attached hydrogen (secondary N) is 2. The Morgan fingerprint density at radius 2 is 2.21 bits per heavy atom. The molecule has 0 aliphatic carbocycles. The van der Waals surface area contributed by atoms with Crippen molar-refractivity contribution >= 4 is 47.3 Å². The lowest BCUT2D eigenvalue weighted by molar-refractivity contribution is 0.194. The predicted molar refractivity (Wildman–Crippen MR) is 123 cm³/mol. The largest absolute Gasteiger partial charge is 0.368 e. The molecule has 1 atom stereocenters. The molecule has 3 rings (SSSR count). The van der Waals surface area contributed by atoms with Crippen molar-refractivity contribution in [3.05, 3.63) is 33.4 Å². The fourth-order valence-electron chi connectivity index (χ4n) is 3.64. The highest BCUT2D eigenvalue weighted by atomic mass is 32.2. The van der Waals surface area contributed by atoms with E-state index in [9.17, 15) is 0 Å². The van der Waals surface area contributed by atoms with E-state index in [-0.39, 0.29) is 0 Å². The van der Waals surface area contributed by atoms with Crippen molar-refractivity contribution in [3.63, 3.8) is 0 Å². The number of tetrazole rings is 1. The van der Waals surface area contributed by atoms with Crippen LogP contribution in [-0.2, 0) is 0 Å². The van der Waals surface area contributed by atoms with Crippen LogP contribution < -0.4 is 26.3 Å². The summed E-state index contributed by atoms with van der Waals surface area (Å²) in [5.41, 5.74) is 0.671. The molecule has 7 nitrogen and oxygen atoms in total. The molecule has 2 aromatic heterocycles. The molecule has 2 aromatic rings. The SMILES string of the molecule is C=C(/C=c1/nc(NCC2CCCCN2C)/c(=C/SC)c(=C)/c1=C/C)c1nnn[nH]1. The number of nitrogens with zero attached hydrogens (tertiary/aromatic N) is 5. The van der Waals surface area contributed by atoms with E-state index < -0.39 is 0 Å². The molecule has 0 aromatic carbocycles. The van der Waals surface area contributed by atoms with E-state index in [4.69, 9.17) is 4.98 Å². The predicted octanol–water partition coefficient (Wildman–Crippen LogP) is 0.297. The number of aromatic nitrogens is 5. The Morgan fingerprint density at radius 1 is 1.38 bits per heavy atom. The smallest absolute Gasteiger partial charge is 0.178 e. The molecule has 1 fully saturated rings. The van der Waals surface area contributed by atoms with Gasteiger partial charge in [0.25, 0.3) is 0 Å². The molecule has 2 N–H and O–H groups in total. The van der Waals surface area contributed by atoms with Gasteiger partial charge in [0.2, 0.25) is 0 Å². The van der Waals surface area contributed by atoms with E-state index in [2.05, 4.69) is 56.5 Å². The molecule has 1 saturated heterocycles. The van der Waals surface area contributed by atoms with Gasteiger partial charge in [0.05, 0.1) is 5.35 Å². The van der Waals surface area contributed by atoms with E-state index in [0.29, 0.717) is 17.4 Å². The van der Waals surface area contributed by atoms with Crippen molar-refractivity contribution in [2.75, 3.05) is 31.7 Å². The van der Waals surface area contributed by atoms with Crippen LogP contribution in [0.1, 0.15) is 32.0 Å². The Labute approximate surface area is 175 Å². The van der Waals surface area contributed by atoms with Crippen LogP contribution in [0, 0.1) is 0 Å². The second-order valence-corrected chi connectivity index (χ2v) is 7.93. The Balaban J connectivity index is 2.05. The van der Waals surface area contributed by atoms with Gasteiger partial charge in [-0.1, -0.05) is 25.7 Å². The first kappa shape index (κ1) is 21.3. The van der Waals surface area contributed by atoms with E-state index in [1.165, 1.54) is 19.3 Å². The number of H-pyrrole nitrogens is 1. The number of piperidine rings is 1. The minimum absolute atomic E-state index is 0.515. The van der Waals surface area contributed by atoms with E-state index >= 15 is 0 Å². The highest BCUT2D eigenvalue weighted by Gasteiger charge is 2.18. The number of likely N-dealkylation sites (tertiary alicyclic amines) is 1. The molecule has 1 aliphatic heterocycles. The number of rotatable bonds is 6. The van der Waals surface area contributed by atoms with Crippen LogP contribution >= 0.6 is 11.8 Å².